The third-order valence-electron chi connectivity index (χ3n) is 4.16. The largest absolute Gasteiger partial charge is 0.368 e. The molecule has 0 aliphatic heterocycles. The van der Waals surface area contributed by atoms with E-state index in [1.165, 1.54) is 24.3 Å². The van der Waals surface area contributed by atoms with Crippen LogP contribution in [-0.2, 0) is 13.6 Å². The van der Waals surface area contributed by atoms with Crippen LogP contribution in [0.2, 0.25) is 0 Å². The number of benzene rings is 2. The van der Waals surface area contributed by atoms with Crippen molar-refractivity contribution in [2.45, 2.75) is 19.6 Å². The molecular formula is C20H22FN2O4P. The summed E-state index contributed by atoms with van der Waals surface area (Å²) in [4.78, 5) is 15.6. The van der Waals surface area contributed by atoms with Crippen molar-refractivity contribution < 1.29 is 18.0 Å². The lowest BCUT2D eigenvalue weighted by Crippen LogP contribution is -2.23. The monoisotopic (exact) mass is 404 g/mol. The standard InChI is InChI=1S/C20H22FN2O4P/c1-3-26-28(25,27-4-2)20(22-16-11-9-15(21)10-12-16)17-13-14-7-5-6-8-18(14)23-19(17)24/h5-13,20,22H,3-4H2,1-2H3,(H,23,24). The topological polar surface area (TPSA) is 80.4 Å². The van der Waals surface area contributed by atoms with Gasteiger partial charge in [0.25, 0.3) is 5.56 Å². The fraction of sp³-hybridized carbons (Fsp3) is 0.250. The van der Waals surface area contributed by atoms with Crippen molar-refractivity contribution in [1.29, 1.82) is 0 Å². The summed E-state index contributed by atoms with van der Waals surface area (Å²) < 4.78 is 37.8. The SMILES string of the molecule is CCOP(=O)(OCC)C(Nc1ccc(F)cc1)c1cc2ccccc2[nH]c1=O. The van der Waals surface area contributed by atoms with Crippen LogP contribution >= 0.6 is 7.60 Å². The van der Waals surface area contributed by atoms with Crippen LogP contribution in [0.15, 0.2) is 59.4 Å². The van der Waals surface area contributed by atoms with Crippen molar-refractivity contribution >= 4 is 24.2 Å². The van der Waals surface area contributed by atoms with Gasteiger partial charge in [0.2, 0.25) is 0 Å². The molecule has 0 amide bonds. The number of para-hydroxylation sites is 1. The molecule has 0 radical (unpaired) electrons. The molecule has 148 valence electrons. The van der Waals surface area contributed by atoms with Gasteiger partial charge in [0.1, 0.15) is 5.82 Å². The van der Waals surface area contributed by atoms with Crippen molar-refractivity contribution in [2.75, 3.05) is 18.5 Å². The Balaban J connectivity index is 2.14. The number of H-pyrrole nitrogens is 1. The van der Waals surface area contributed by atoms with E-state index in [4.69, 9.17) is 9.05 Å². The predicted molar refractivity (Wildman–Crippen MR) is 108 cm³/mol. The first-order valence-electron chi connectivity index (χ1n) is 8.99. The molecule has 3 rings (SSSR count). The molecule has 1 unspecified atom stereocenters. The second-order valence-corrected chi connectivity index (χ2v) is 8.18. The maximum atomic E-state index is 13.5. The molecule has 1 atom stereocenters. The lowest BCUT2D eigenvalue weighted by Gasteiger charge is -2.27. The van der Waals surface area contributed by atoms with E-state index in [1.54, 1.807) is 26.0 Å². The van der Waals surface area contributed by atoms with Crippen LogP contribution < -0.4 is 10.9 Å². The van der Waals surface area contributed by atoms with Crippen LogP contribution in [0.3, 0.4) is 0 Å². The number of fused-ring (bicyclic) bond motifs is 1. The van der Waals surface area contributed by atoms with E-state index in [2.05, 4.69) is 10.3 Å². The quantitative estimate of drug-likeness (QED) is 0.514. The van der Waals surface area contributed by atoms with Gasteiger partial charge in [-0.25, -0.2) is 4.39 Å². The van der Waals surface area contributed by atoms with Crippen molar-refractivity contribution in [3.8, 4) is 0 Å². The summed E-state index contributed by atoms with van der Waals surface area (Å²) in [6.07, 6.45) is 0. The Kier molecular flexibility index (Phi) is 6.29. The molecule has 28 heavy (non-hydrogen) atoms. The molecule has 2 N–H and O–H groups in total. The zero-order chi connectivity index (χ0) is 20.1. The number of nitrogens with one attached hydrogen (secondary N) is 2. The maximum Gasteiger partial charge on any atom is 0.357 e. The molecule has 3 aromatic rings. The lowest BCUT2D eigenvalue weighted by atomic mass is 10.1. The predicted octanol–water partition coefficient (Wildman–Crippen LogP) is 5.04. The Hall–Kier alpha value is -2.47. The van der Waals surface area contributed by atoms with Crippen molar-refractivity contribution in [1.82, 2.24) is 4.98 Å². The second-order valence-electron chi connectivity index (χ2n) is 6.07. The van der Waals surface area contributed by atoms with Crippen LogP contribution in [0.5, 0.6) is 0 Å². The summed E-state index contributed by atoms with van der Waals surface area (Å²) in [7, 11) is -3.76. The Morgan fingerprint density at radius 1 is 1.07 bits per heavy atom. The van der Waals surface area contributed by atoms with E-state index in [1.807, 2.05) is 18.2 Å². The van der Waals surface area contributed by atoms with Gasteiger partial charge in [-0.15, -0.1) is 0 Å². The summed E-state index contributed by atoms with van der Waals surface area (Å²) >= 11 is 0. The molecule has 0 fully saturated rings. The first-order valence-corrected chi connectivity index (χ1v) is 10.6. The molecule has 0 aliphatic carbocycles. The minimum absolute atomic E-state index is 0.143. The number of pyridine rings is 1. The third kappa shape index (κ3) is 4.33. The maximum absolute atomic E-state index is 13.5. The average molecular weight is 404 g/mol. The van der Waals surface area contributed by atoms with Gasteiger partial charge < -0.3 is 19.3 Å². The molecule has 0 saturated heterocycles. The number of aromatic nitrogens is 1. The summed E-state index contributed by atoms with van der Waals surface area (Å²) in [6.45, 7) is 3.69. The minimum Gasteiger partial charge on any atom is -0.368 e. The molecule has 0 bridgehead atoms. The van der Waals surface area contributed by atoms with Gasteiger partial charge in [0, 0.05) is 11.2 Å². The molecule has 0 saturated carbocycles. The number of hydrogen-bond donors (Lipinski definition) is 2. The molecule has 0 spiro atoms. The highest BCUT2D eigenvalue weighted by Gasteiger charge is 2.39. The summed E-state index contributed by atoms with van der Waals surface area (Å²) in [5, 5.41) is 3.82. The molecule has 6 nitrogen and oxygen atoms in total. The van der Waals surface area contributed by atoms with Gasteiger partial charge in [-0.05, 0) is 55.6 Å². The summed E-state index contributed by atoms with van der Waals surface area (Å²) in [5.41, 5.74) is 0.962. The van der Waals surface area contributed by atoms with Crippen molar-refractivity contribution in [3.63, 3.8) is 0 Å². The molecule has 0 aliphatic rings. The number of anilines is 1. The molecule has 1 aromatic heterocycles. The minimum atomic E-state index is -3.76. The van der Waals surface area contributed by atoms with Gasteiger partial charge in [-0.2, -0.15) is 0 Å². The van der Waals surface area contributed by atoms with Crippen molar-refractivity contribution in [2.24, 2.45) is 0 Å². The van der Waals surface area contributed by atoms with Crippen molar-refractivity contribution in [3.05, 3.63) is 76.3 Å². The molecule has 2 aromatic carbocycles. The normalized spacial score (nSPS) is 12.8. The number of rotatable bonds is 8. The summed E-state index contributed by atoms with van der Waals surface area (Å²) in [6, 6.07) is 14.5. The third-order valence-corrected chi connectivity index (χ3v) is 6.43. The van der Waals surface area contributed by atoms with Crippen LogP contribution in [0.1, 0.15) is 25.2 Å². The number of hydrogen-bond acceptors (Lipinski definition) is 5. The Labute approximate surface area is 162 Å². The van der Waals surface area contributed by atoms with Crippen LogP contribution in [-0.4, -0.2) is 18.2 Å². The zero-order valence-corrected chi connectivity index (χ0v) is 16.5. The van der Waals surface area contributed by atoms with E-state index in [-0.39, 0.29) is 18.8 Å². The van der Waals surface area contributed by atoms with E-state index in [0.29, 0.717) is 11.2 Å². The van der Waals surface area contributed by atoms with E-state index in [0.717, 1.165) is 5.39 Å². The van der Waals surface area contributed by atoms with Gasteiger partial charge in [-0.1, -0.05) is 18.2 Å². The van der Waals surface area contributed by atoms with E-state index in [9.17, 15) is 13.8 Å². The van der Waals surface area contributed by atoms with Gasteiger partial charge in [0.15, 0.2) is 5.78 Å². The fourth-order valence-electron chi connectivity index (χ4n) is 2.94. The fourth-order valence-corrected chi connectivity index (χ4v) is 4.88. The highest BCUT2D eigenvalue weighted by Crippen LogP contribution is 2.60. The zero-order valence-electron chi connectivity index (χ0n) is 15.6. The highest BCUT2D eigenvalue weighted by atomic mass is 31.2. The van der Waals surface area contributed by atoms with Gasteiger partial charge in [-0.3, -0.25) is 9.36 Å². The Morgan fingerprint density at radius 2 is 1.71 bits per heavy atom. The molecular weight excluding hydrogens is 382 g/mol. The first kappa shape index (κ1) is 20.3. The van der Waals surface area contributed by atoms with Gasteiger partial charge >= 0.3 is 7.60 Å². The molecule has 8 heteroatoms. The summed E-state index contributed by atoms with van der Waals surface area (Å²) in [5.74, 6) is -1.46. The van der Waals surface area contributed by atoms with Crippen LogP contribution in [0.4, 0.5) is 10.1 Å². The molecule has 1 heterocycles. The second kappa shape index (κ2) is 8.69. The van der Waals surface area contributed by atoms with E-state index >= 15 is 0 Å². The Morgan fingerprint density at radius 3 is 2.36 bits per heavy atom. The van der Waals surface area contributed by atoms with Crippen LogP contribution in [0, 0.1) is 5.82 Å². The Bertz CT molecular complexity index is 1040. The van der Waals surface area contributed by atoms with Crippen LogP contribution in [0.25, 0.3) is 10.9 Å². The first-order chi connectivity index (χ1) is 13.5. The van der Waals surface area contributed by atoms with E-state index < -0.39 is 24.8 Å². The lowest BCUT2D eigenvalue weighted by molar-refractivity contribution is 0.214. The average Bonchev–Trinajstić information content (AvgIpc) is 2.67. The smallest absolute Gasteiger partial charge is 0.357 e. The highest BCUT2D eigenvalue weighted by molar-refractivity contribution is 7.54. The number of aromatic amines is 1. The van der Waals surface area contributed by atoms with Gasteiger partial charge in [0.05, 0.1) is 18.8 Å². The number of halogens is 1.